The second-order valence-electron chi connectivity index (χ2n) is 5.85. The maximum Gasteiger partial charge on any atom is 0.232 e. The van der Waals surface area contributed by atoms with Crippen molar-refractivity contribution >= 4 is 11.9 Å². The molecule has 0 aliphatic carbocycles. The molecule has 2 aromatic heterocycles. The molecule has 0 aromatic carbocycles. The van der Waals surface area contributed by atoms with Crippen LogP contribution in [0.5, 0.6) is 0 Å². The van der Waals surface area contributed by atoms with Gasteiger partial charge in [-0.25, -0.2) is 19.9 Å². The summed E-state index contributed by atoms with van der Waals surface area (Å²) < 4.78 is 0. The molecule has 6 nitrogen and oxygen atoms in total. The van der Waals surface area contributed by atoms with Crippen LogP contribution in [0.15, 0.2) is 36.9 Å². The normalized spacial score (nSPS) is 19.3. The maximum atomic E-state index is 4.42. The van der Waals surface area contributed by atoms with E-state index in [-0.39, 0.29) is 0 Å². The van der Waals surface area contributed by atoms with Crippen molar-refractivity contribution in [2.75, 3.05) is 18.0 Å². The average molecular weight is 298 g/mol. The van der Waals surface area contributed by atoms with Crippen LogP contribution in [0.25, 0.3) is 0 Å². The second-order valence-corrected chi connectivity index (χ2v) is 5.85. The van der Waals surface area contributed by atoms with Crippen LogP contribution < -0.4 is 4.90 Å². The highest BCUT2D eigenvalue weighted by molar-refractivity contribution is 5.48. The first-order valence-electron chi connectivity index (χ1n) is 7.83. The van der Waals surface area contributed by atoms with E-state index in [2.05, 4.69) is 43.6 Å². The zero-order chi connectivity index (χ0) is 15.4. The topological polar surface area (TPSA) is 58.0 Å². The van der Waals surface area contributed by atoms with E-state index in [0.717, 1.165) is 19.5 Å². The highest BCUT2D eigenvalue weighted by atomic mass is 15.4. The first-order chi connectivity index (χ1) is 10.8. The Morgan fingerprint density at radius 2 is 1.55 bits per heavy atom. The number of hydrogen-bond donors (Lipinski definition) is 0. The second kappa shape index (κ2) is 6.79. The molecule has 1 aliphatic heterocycles. The fourth-order valence-corrected chi connectivity index (χ4v) is 2.91. The predicted molar refractivity (Wildman–Crippen MR) is 85.9 cm³/mol. The van der Waals surface area contributed by atoms with Gasteiger partial charge in [0.15, 0.2) is 0 Å². The van der Waals surface area contributed by atoms with Crippen molar-refractivity contribution in [3.63, 3.8) is 0 Å². The highest BCUT2D eigenvalue weighted by Gasteiger charge is 2.30. The molecule has 3 heterocycles. The minimum absolute atomic E-state index is 0.293. The van der Waals surface area contributed by atoms with E-state index >= 15 is 0 Å². The third kappa shape index (κ3) is 3.22. The van der Waals surface area contributed by atoms with Crippen LogP contribution in [0.1, 0.15) is 26.7 Å². The molecule has 3 rings (SSSR count). The van der Waals surface area contributed by atoms with Gasteiger partial charge in [-0.15, -0.1) is 0 Å². The first kappa shape index (κ1) is 14.8. The molecule has 2 aromatic rings. The summed E-state index contributed by atoms with van der Waals surface area (Å²) in [7, 11) is 0. The monoisotopic (exact) mass is 298 g/mol. The molecule has 0 bridgehead atoms. The fraction of sp³-hybridized carbons (Fsp3) is 0.500. The van der Waals surface area contributed by atoms with E-state index in [1.165, 1.54) is 6.42 Å². The Morgan fingerprint density at radius 1 is 1.00 bits per heavy atom. The molecular weight excluding hydrogens is 276 g/mol. The molecule has 1 saturated heterocycles. The maximum absolute atomic E-state index is 4.42. The zero-order valence-corrected chi connectivity index (χ0v) is 13.1. The van der Waals surface area contributed by atoms with Crippen LogP contribution in [0, 0.1) is 0 Å². The van der Waals surface area contributed by atoms with Gasteiger partial charge in [-0.1, -0.05) is 0 Å². The molecule has 0 N–H and O–H groups in total. The largest absolute Gasteiger partial charge is 0.299 e. The van der Waals surface area contributed by atoms with E-state index in [4.69, 9.17) is 0 Å². The summed E-state index contributed by atoms with van der Waals surface area (Å²) in [6, 6.07) is 4.49. The molecule has 0 spiro atoms. The number of anilines is 2. The van der Waals surface area contributed by atoms with E-state index in [9.17, 15) is 0 Å². The SMILES string of the molecule is CC(C)N1CCC[C@@H](N(c2ncccn2)c2ncccn2)C1. The van der Waals surface area contributed by atoms with Crippen LogP contribution in [0.2, 0.25) is 0 Å². The predicted octanol–water partition coefficient (Wildman–Crippen LogP) is 2.28. The summed E-state index contributed by atoms with van der Waals surface area (Å²) in [6.07, 6.45) is 9.32. The number of likely N-dealkylation sites (tertiary alicyclic amines) is 1. The van der Waals surface area contributed by atoms with Crippen molar-refractivity contribution < 1.29 is 0 Å². The molecule has 116 valence electrons. The quantitative estimate of drug-likeness (QED) is 0.863. The minimum atomic E-state index is 0.293. The Balaban J connectivity index is 1.92. The molecule has 1 aliphatic rings. The Labute approximate surface area is 131 Å². The van der Waals surface area contributed by atoms with Gasteiger partial charge in [0.1, 0.15) is 0 Å². The fourth-order valence-electron chi connectivity index (χ4n) is 2.91. The lowest BCUT2D eigenvalue weighted by Crippen LogP contribution is -2.49. The summed E-state index contributed by atoms with van der Waals surface area (Å²) in [4.78, 5) is 22.2. The van der Waals surface area contributed by atoms with Crippen molar-refractivity contribution in [1.82, 2.24) is 24.8 Å². The van der Waals surface area contributed by atoms with Crippen LogP contribution in [-0.2, 0) is 0 Å². The summed E-state index contributed by atoms with van der Waals surface area (Å²) in [6.45, 7) is 6.61. The van der Waals surface area contributed by atoms with Gasteiger partial charge in [-0.2, -0.15) is 0 Å². The summed E-state index contributed by atoms with van der Waals surface area (Å²) >= 11 is 0. The van der Waals surface area contributed by atoms with Gasteiger partial charge in [0, 0.05) is 37.4 Å². The van der Waals surface area contributed by atoms with Gasteiger partial charge in [-0.3, -0.25) is 9.80 Å². The summed E-state index contributed by atoms with van der Waals surface area (Å²) in [5, 5.41) is 0. The zero-order valence-electron chi connectivity index (χ0n) is 13.1. The number of aromatic nitrogens is 4. The van der Waals surface area contributed by atoms with Crippen LogP contribution >= 0.6 is 0 Å². The molecule has 6 heteroatoms. The van der Waals surface area contributed by atoms with Crippen LogP contribution in [0.3, 0.4) is 0 Å². The average Bonchev–Trinajstić information content (AvgIpc) is 2.57. The van der Waals surface area contributed by atoms with Crippen LogP contribution in [0.4, 0.5) is 11.9 Å². The molecule has 0 saturated carbocycles. The van der Waals surface area contributed by atoms with E-state index in [1.807, 2.05) is 12.1 Å². The van der Waals surface area contributed by atoms with Crippen molar-refractivity contribution in [2.45, 2.75) is 38.8 Å². The van der Waals surface area contributed by atoms with Gasteiger partial charge in [0.2, 0.25) is 11.9 Å². The minimum Gasteiger partial charge on any atom is -0.299 e. The lowest BCUT2D eigenvalue weighted by Gasteiger charge is -2.39. The third-order valence-corrected chi connectivity index (χ3v) is 4.06. The van der Waals surface area contributed by atoms with Gasteiger partial charge in [0.25, 0.3) is 0 Å². The number of piperidine rings is 1. The highest BCUT2D eigenvalue weighted by Crippen LogP contribution is 2.26. The standard InChI is InChI=1S/C16H22N6/c1-13(2)21-11-3-6-14(12-21)22(15-17-7-4-8-18-15)16-19-9-5-10-20-16/h4-5,7-10,13-14H,3,6,11-12H2,1-2H3/t14-/m1/s1. The molecule has 1 atom stereocenters. The Kier molecular flexibility index (Phi) is 4.58. The number of nitrogens with zero attached hydrogens (tertiary/aromatic N) is 6. The van der Waals surface area contributed by atoms with Gasteiger partial charge < -0.3 is 0 Å². The number of hydrogen-bond acceptors (Lipinski definition) is 6. The number of rotatable bonds is 4. The third-order valence-electron chi connectivity index (χ3n) is 4.06. The van der Waals surface area contributed by atoms with Crippen LogP contribution in [-0.4, -0.2) is 50.0 Å². The molecule has 0 unspecified atom stereocenters. The van der Waals surface area contributed by atoms with Crippen molar-refractivity contribution in [3.8, 4) is 0 Å². The molecule has 0 amide bonds. The molecule has 22 heavy (non-hydrogen) atoms. The van der Waals surface area contributed by atoms with Gasteiger partial charge in [0.05, 0.1) is 6.04 Å². The van der Waals surface area contributed by atoms with Gasteiger partial charge >= 0.3 is 0 Å². The Bertz CT molecular complexity index is 534. The summed E-state index contributed by atoms with van der Waals surface area (Å²) in [5.74, 6) is 1.34. The first-order valence-corrected chi connectivity index (χ1v) is 7.83. The van der Waals surface area contributed by atoms with Crippen molar-refractivity contribution in [3.05, 3.63) is 36.9 Å². The molecule has 1 fully saturated rings. The Hall–Kier alpha value is -2.08. The van der Waals surface area contributed by atoms with E-state index < -0.39 is 0 Å². The van der Waals surface area contributed by atoms with Crippen molar-refractivity contribution in [1.29, 1.82) is 0 Å². The smallest absolute Gasteiger partial charge is 0.232 e. The van der Waals surface area contributed by atoms with Gasteiger partial charge in [-0.05, 0) is 45.4 Å². The molecular formula is C16H22N6. The van der Waals surface area contributed by atoms with E-state index in [0.29, 0.717) is 24.0 Å². The Morgan fingerprint density at radius 3 is 2.05 bits per heavy atom. The summed E-state index contributed by atoms with van der Waals surface area (Å²) in [5.41, 5.74) is 0. The molecule has 0 radical (unpaired) electrons. The lowest BCUT2D eigenvalue weighted by atomic mass is 10.0. The lowest BCUT2D eigenvalue weighted by molar-refractivity contribution is 0.167. The van der Waals surface area contributed by atoms with Crippen molar-refractivity contribution in [2.24, 2.45) is 0 Å². The van der Waals surface area contributed by atoms with E-state index in [1.54, 1.807) is 24.8 Å².